The van der Waals surface area contributed by atoms with Crippen LogP contribution in [-0.2, 0) is 4.79 Å². The zero-order chi connectivity index (χ0) is 9.59. The number of hydrogen-bond donors (Lipinski definition) is 3. The quantitative estimate of drug-likeness (QED) is 0.413. The van der Waals surface area contributed by atoms with Crippen molar-refractivity contribution >= 4 is 11.9 Å². The number of aromatic nitrogens is 2. The van der Waals surface area contributed by atoms with Crippen molar-refractivity contribution in [2.75, 3.05) is 5.73 Å². The highest BCUT2D eigenvalue weighted by atomic mass is 16.6. The van der Waals surface area contributed by atoms with Gasteiger partial charge in [0.15, 0.2) is 6.10 Å². The maximum Gasteiger partial charge on any atom is 0.347 e. The molecule has 0 fully saturated rings. The fraction of sp³-hybridized carbons (Fsp3) is 0.167. The van der Waals surface area contributed by atoms with Gasteiger partial charge in [0.1, 0.15) is 5.69 Å². The normalized spacial score (nSPS) is 19.8. The van der Waals surface area contributed by atoms with Crippen LogP contribution in [0.25, 0.3) is 0 Å². The van der Waals surface area contributed by atoms with Crippen molar-refractivity contribution in [3.63, 3.8) is 0 Å². The summed E-state index contributed by atoms with van der Waals surface area (Å²) < 4.78 is 4.45. The molecule has 0 spiro atoms. The van der Waals surface area contributed by atoms with Gasteiger partial charge >= 0.3 is 5.97 Å². The lowest BCUT2D eigenvalue weighted by molar-refractivity contribution is -0.141. The molecule has 1 aliphatic heterocycles. The highest BCUT2D eigenvalue weighted by Gasteiger charge is 2.35. The molecular formula is C6H5N3O4. The van der Waals surface area contributed by atoms with Crippen LogP contribution in [0.15, 0.2) is 4.79 Å². The first-order valence-electron chi connectivity index (χ1n) is 3.39. The summed E-state index contributed by atoms with van der Waals surface area (Å²) in [7, 11) is 0. The zero-order valence-corrected chi connectivity index (χ0v) is 6.27. The SMILES string of the molecule is Nc1nc2c(c(=O)[nH]1)OC(=O)[C@H]2O. The van der Waals surface area contributed by atoms with Gasteiger partial charge in [0.2, 0.25) is 11.7 Å². The largest absolute Gasteiger partial charge is 0.416 e. The summed E-state index contributed by atoms with van der Waals surface area (Å²) >= 11 is 0. The predicted octanol–water partition coefficient (Wildman–Crippen LogP) is -1.70. The molecule has 0 radical (unpaired) electrons. The Hall–Kier alpha value is -1.89. The second-order valence-electron chi connectivity index (χ2n) is 2.49. The van der Waals surface area contributed by atoms with Crippen LogP contribution < -0.4 is 16.0 Å². The van der Waals surface area contributed by atoms with Crippen molar-refractivity contribution in [3.8, 4) is 5.75 Å². The Morgan fingerprint density at radius 1 is 1.54 bits per heavy atom. The van der Waals surface area contributed by atoms with E-state index in [2.05, 4.69) is 14.7 Å². The average molecular weight is 183 g/mol. The molecule has 0 saturated carbocycles. The number of aliphatic hydroxyl groups is 1. The molecule has 2 heterocycles. The summed E-state index contributed by atoms with van der Waals surface area (Å²) in [6, 6.07) is 0. The predicted molar refractivity (Wildman–Crippen MR) is 39.9 cm³/mol. The third-order valence-electron chi connectivity index (χ3n) is 1.61. The van der Waals surface area contributed by atoms with Crippen LogP contribution in [-0.4, -0.2) is 21.0 Å². The molecule has 1 aromatic rings. The summed E-state index contributed by atoms with van der Waals surface area (Å²) in [5.41, 5.74) is 4.39. The van der Waals surface area contributed by atoms with Crippen molar-refractivity contribution in [3.05, 3.63) is 16.0 Å². The first-order chi connectivity index (χ1) is 6.09. The summed E-state index contributed by atoms with van der Waals surface area (Å²) in [6.45, 7) is 0. The molecule has 0 aliphatic carbocycles. The number of hydrogen-bond acceptors (Lipinski definition) is 6. The third kappa shape index (κ3) is 0.975. The molecule has 7 heteroatoms. The van der Waals surface area contributed by atoms with Gasteiger partial charge in [-0.15, -0.1) is 0 Å². The summed E-state index contributed by atoms with van der Waals surface area (Å²) in [6.07, 6.45) is -1.51. The van der Waals surface area contributed by atoms with Crippen LogP contribution in [0.1, 0.15) is 11.8 Å². The van der Waals surface area contributed by atoms with E-state index in [-0.39, 0.29) is 17.4 Å². The number of nitrogens with two attached hydrogens (primary N) is 1. The summed E-state index contributed by atoms with van der Waals surface area (Å²) in [5.74, 6) is -1.37. The number of aromatic amines is 1. The summed E-state index contributed by atoms with van der Waals surface area (Å²) in [4.78, 5) is 27.6. The van der Waals surface area contributed by atoms with Gasteiger partial charge in [0.05, 0.1) is 0 Å². The molecule has 7 nitrogen and oxygen atoms in total. The van der Waals surface area contributed by atoms with Crippen LogP contribution >= 0.6 is 0 Å². The van der Waals surface area contributed by atoms with E-state index in [0.717, 1.165) is 0 Å². The molecule has 0 unspecified atom stereocenters. The van der Waals surface area contributed by atoms with Gasteiger partial charge < -0.3 is 15.6 Å². The smallest absolute Gasteiger partial charge is 0.347 e. The first kappa shape index (κ1) is 7.74. The Morgan fingerprint density at radius 3 is 2.92 bits per heavy atom. The molecule has 68 valence electrons. The number of esters is 1. The van der Waals surface area contributed by atoms with Gasteiger partial charge in [-0.05, 0) is 0 Å². The first-order valence-corrected chi connectivity index (χ1v) is 3.39. The van der Waals surface area contributed by atoms with E-state index < -0.39 is 17.6 Å². The highest BCUT2D eigenvalue weighted by molar-refractivity contribution is 5.83. The third-order valence-corrected chi connectivity index (χ3v) is 1.61. The lowest BCUT2D eigenvalue weighted by Gasteiger charge is -1.96. The van der Waals surface area contributed by atoms with Gasteiger partial charge in [0, 0.05) is 0 Å². The van der Waals surface area contributed by atoms with E-state index in [0.29, 0.717) is 0 Å². The van der Waals surface area contributed by atoms with Gasteiger partial charge in [0.25, 0.3) is 5.56 Å². The molecule has 1 aromatic heterocycles. The van der Waals surface area contributed by atoms with E-state index >= 15 is 0 Å². The second kappa shape index (κ2) is 2.30. The zero-order valence-electron chi connectivity index (χ0n) is 6.27. The topological polar surface area (TPSA) is 118 Å². The maximum atomic E-state index is 11.1. The number of carbonyl (C=O) groups excluding carboxylic acids is 1. The molecule has 0 aromatic carbocycles. The van der Waals surface area contributed by atoms with E-state index in [1.807, 2.05) is 0 Å². The number of anilines is 1. The van der Waals surface area contributed by atoms with E-state index in [4.69, 9.17) is 10.8 Å². The number of ether oxygens (including phenoxy) is 1. The van der Waals surface area contributed by atoms with Gasteiger partial charge in [-0.3, -0.25) is 9.78 Å². The Morgan fingerprint density at radius 2 is 2.23 bits per heavy atom. The number of fused-ring (bicyclic) bond motifs is 1. The second-order valence-corrected chi connectivity index (χ2v) is 2.49. The molecule has 1 atom stereocenters. The summed E-state index contributed by atoms with van der Waals surface area (Å²) in [5, 5.41) is 9.15. The minimum absolute atomic E-state index is 0.133. The standard InChI is InChI=1S/C6H5N3O4/c7-6-8-1-2(10)5(12)13-3(1)4(11)9-6/h2,10H,(H3,7,8,9,11)/t2-/m0/s1. The number of carbonyl (C=O) groups is 1. The average Bonchev–Trinajstić information content (AvgIpc) is 2.32. The van der Waals surface area contributed by atoms with Crippen molar-refractivity contribution in [1.29, 1.82) is 0 Å². The van der Waals surface area contributed by atoms with Crippen LogP contribution in [0.2, 0.25) is 0 Å². The van der Waals surface area contributed by atoms with Gasteiger partial charge in [-0.2, -0.15) is 0 Å². The Balaban J connectivity index is 2.71. The molecule has 13 heavy (non-hydrogen) atoms. The van der Waals surface area contributed by atoms with E-state index in [9.17, 15) is 9.59 Å². The number of nitrogen functional groups attached to an aromatic ring is 1. The fourth-order valence-corrected chi connectivity index (χ4v) is 1.05. The van der Waals surface area contributed by atoms with Crippen molar-refractivity contribution in [2.24, 2.45) is 0 Å². The van der Waals surface area contributed by atoms with Gasteiger partial charge in [-0.1, -0.05) is 0 Å². The highest BCUT2D eigenvalue weighted by Crippen LogP contribution is 2.27. The maximum absolute atomic E-state index is 11.1. The van der Waals surface area contributed by atoms with Crippen molar-refractivity contribution in [1.82, 2.24) is 9.97 Å². The van der Waals surface area contributed by atoms with E-state index in [1.54, 1.807) is 0 Å². The molecule has 0 amide bonds. The Bertz CT molecular complexity index is 438. The van der Waals surface area contributed by atoms with Crippen LogP contribution in [0.3, 0.4) is 0 Å². The number of nitrogens with zero attached hydrogens (tertiary/aromatic N) is 1. The van der Waals surface area contributed by atoms with Crippen molar-refractivity contribution in [2.45, 2.75) is 6.10 Å². The lowest BCUT2D eigenvalue weighted by Crippen LogP contribution is -2.13. The van der Waals surface area contributed by atoms with Crippen LogP contribution in [0, 0.1) is 0 Å². The molecule has 0 bridgehead atoms. The minimum atomic E-state index is -1.51. The Labute approximate surface area is 71.2 Å². The fourth-order valence-electron chi connectivity index (χ4n) is 1.05. The van der Waals surface area contributed by atoms with Crippen LogP contribution in [0.5, 0.6) is 5.75 Å². The number of aliphatic hydroxyl groups excluding tert-OH is 1. The van der Waals surface area contributed by atoms with E-state index in [1.165, 1.54) is 0 Å². The molecule has 1 aliphatic rings. The number of nitrogens with one attached hydrogen (secondary N) is 1. The molecule has 0 saturated heterocycles. The number of H-pyrrole nitrogens is 1. The lowest BCUT2D eigenvalue weighted by atomic mass is 10.3. The van der Waals surface area contributed by atoms with Crippen LogP contribution in [0.4, 0.5) is 5.95 Å². The van der Waals surface area contributed by atoms with Crippen molar-refractivity contribution < 1.29 is 14.6 Å². The monoisotopic (exact) mass is 183 g/mol. The molecular weight excluding hydrogens is 178 g/mol. The molecule has 2 rings (SSSR count). The number of rotatable bonds is 0. The minimum Gasteiger partial charge on any atom is -0.416 e. The van der Waals surface area contributed by atoms with Gasteiger partial charge in [-0.25, -0.2) is 9.78 Å². The Kier molecular flexibility index (Phi) is 1.37. The molecule has 4 N–H and O–H groups in total.